The zero-order chi connectivity index (χ0) is 17.7. The quantitative estimate of drug-likeness (QED) is 0.527. The van der Waals surface area contributed by atoms with E-state index >= 15 is 0 Å². The Hall–Kier alpha value is -2.05. The molecule has 0 amide bonds. The summed E-state index contributed by atoms with van der Waals surface area (Å²) in [6.45, 7) is 2.15. The van der Waals surface area contributed by atoms with Gasteiger partial charge in [0, 0.05) is 0 Å². The second-order valence-electron chi connectivity index (χ2n) is 6.23. The highest BCUT2D eigenvalue weighted by Crippen LogP contribution is 2.28. The van der Waals surface area contributed by atoms with E-state index in [0.29, 0.717) is 23.7 Å². The molecule has 130 valence electrons. The maximum absolute atomic E-state index is 10.9. The van der Waals surface area contributed by atoms with E-state index in [2.05, 4.69) is 31.2 Å². The number of unbranched alkanes of at least 4 members (excludes halogenated alkanes) is 1. The fraction of sp³-hybridized carbons (Fsp3) is 0.333. The van der Waals surface area contributed by atoms with Crippen LogP contribution in [0.15, 0.2) is 42.5 Å². The minimum atomic E-state index is -3.35. The van der Waals surface area contributed by atoms with Crippen LogP contribution in [0.3, 0.4) is 0 Å². The zero-order valence-electron chi connectivity index (χ0n) is 13.9. The van der Waals surface area contributed by atoms with Crippen molar-refractivity contribution in [2.75, 3.05) is 17.2 Å². The molecule has 0 radical (unpaired) electrons. The summed E-state index contributed by atoms with van der Waals surface area (Å²) in [5.41, 5.74) is 16.1. The Balaban J connectivity index is 1.97. The van der Waals surface area contributed by atoms with Crippen molar-refractivity contribution in [3.8, 4) is 11.1 Å². The molecule has 0 fully saturated rings. The predicted octanol–water partition coefficient (Wildman–Crippen LogP) is 3.08. The van der Waals surface area contributed by atoms with Gasteiger partial charge in [-0.2, -0.15) is 0 Å². The van der Waals surface area contributed by atoms with E-state index in [1.165, 1.54) is 5.56 Å². The number of rotatable bonds is 7. The summed E-state index contributed by atoms with van der Waals surface area (Å²) >= 11 is 0. The topological polar surface area (TPSA) is 112 Å². The summed E-state index contributed by atoms with van der Waals surface area (Å²) in [6.07, 6.45) is 2.38. The summed E-state index contributed by atoms with van der Waals surface area (Å²) in [6, 6.07) is 14.0. The lowest BCUT2D eigenvalue weighted by Gasteiger charge is -2.13. The lowest BCUT2D eigenvalue weighted by molar-refractivity contribution is 0.583. The number of anilines is 2. The Morgan fingerprint density at radius 3 is 2.12 bits per heavy atom. The zero-order valence-corrected chi connectivity index (χ0v) is 14.7. The molecular formula is C18H25N3O2S. The Kier molecular flexibility index (Phi) is 5.85. The third kappa shape index (κ3) is 5.25. The molecule has 0 saturated heterocycles. The van der Waals surface area contributed by atoms with Gasteiger partial charge in [0.15, 0.2) is 0 Å². The molecular weight excluding hydrogens is 322 g/mol. The average Bonchev–Trinajstić information content (AvgIpc) is 2.53. The van der Waals surface area contributed by atoms with Crippen LogP contribution < -0.4 is 16.6 Å². The van der Waals surface area contributed by atoms with Gasteiger partial charge < -0.3 is 11.5 Å². The summed E-state index contributed by atoms with van der Waals surface area (Å²) < 4.78 is 21.8. The highest BCUT2D eigenvalue weighted by molar-refractivity contribution is 7.89. The normalized spacial score (nSPS) is 12.9. The van der Waals surface area contributed by atoms with Crippen LogP contribution in [-0.2, 0) is 10.0 Å². The van der Waals surface area contributed by atoms with Crippen LogP contribution >= 0.6 is 0 Å². The fourth-order valence-electron chi connectivity index (χ4n) is 2.68. The molecule has 5 nitrogen and oxygen atoms in total. The molecule has 1 atom stereocenters. The molecule has 0 aliphatic heterocycles. The average molecular weight is 347 g/mol. The number of benzene rings is 2. The standard InChI is InChI=1S/C18H25N3O2S/c1-13(4-2-3-11-24(21,22)23)14-5-7-15(8-6-14)16-9-10-17(19)18(20)12-16/h5-10,12-13H,2-4,11,19-20H2,1H3,(H2,21,22,23). The van der Waals surface area contributed by atoms with Crippen LogP contribution in [0.2, 0.25) is 0 Å². The van der Waals surface area contributed by atoms with Crippen molar-refractivity contribution in [2.45, 2.75) is 32.1 Å². The first-order valence-corrected chi connectivity index (χ1v) is 9.73. The molecule has 2 aromatic rings. The monoisotopic (exact) mass is 347 g/mol. The molecule has 0 heterocycles. The van der Waals surface area contributed by atoms with Crippen molar-refractivity contribution in [3.63, 3.8) is 0 Å². The van der Waals surface area contributed by atoms with Gasteiger partial charge in [0.2, 0.25) is 10.0 Å². The molecule has 24 heavy (non-hydrogen) atoms. The summed E-state index contributed by atoms with van der Waals surface area (Å²) in [5, 5.41) is 5.01. The summed E-state index contributed by atoms with van der Waals surface area (Å²) in [5.74, 6) is 0.424. The van der Waals surface area contributed by atoms with Crippen molar-refractivity contribution in [1.29, 1.82) is 0 Å². The number of hydrogen-bond acceptors (Lipinski definition) is 4. The van der Waals surface area contributed by atoms with Crippen LogP contribution in [0.25, 0.3) is 11.1 Å². The van der Waals surface area contributed by atoms with Crippen LogP contribution in [0.5, 0.6) is 0 Å². The van der Waals surface area contributed by atoms with Crippen molar-refractivity contribution in [2.24, 2.45) is 5.14 Å². The first-order chi connectivity index (χ1) is 11.3. The van der Waals surface area contributed by atoms with Gasteiger partial charge in [-0.3, -0.25) is 0 Å². The van der Waals surface area contributed by atoms with E-state index in [-0.39, 0.29) is 5.75 Å². The van der Waals surface area contributed by atoms with E-state index < -0.39 is 10.0 Å². The molecule has 0 aromatic heterocycles. The molecule has 2 aromatic carbocycles. The number of nitrogen functional groups attached to an aromatic ring is 2. The van der Waals surface area contributed by atoms with Crippen LogP contribution in [0, 0.1) is 0 Å². The smallest absolute Gasteiger partial charge is 0.209 e. The first-order valence-electron chi connectivity index (χ1n) is 8.02. The Labute approximate surface area is 143 Å². The molecule has 0 aliphatic carbocycles. The third-order valence-electron chi connectivity index (χ3n) is 4.22. The van der Waals surface area contributed by atoms with E-state index in [1.807, 2.05) is 18.2 Å². The van der Waals surface area contributed by atoms with Gasteiger partial charge >= 0.3 is 0 Å². The molecule has 6 N–H and O–H groups in total. The van der Waals surface area contributed by atoms with Crippen molar-refractivity contribution >= 4 is 21.4 Å². The first kappa shape index (κ1) is 18.3. The van der Waals surface area contributed by atoms with Crippen molar-refractivity contribution in [1.82, 2.24) is 0 Å². The molecule has 2 rings (SSSR count). The van der Waals surface area contributed by atoms with Gasteiger partial charge in [-0.05, 0) is 47.6 Å². The molecule has 0 spiro atoms. The third-order valence-corrected chi connectivity index (χ3v) is 5.07. The maximum atomic E-state index is 10.9. The second kappa shape index (κ2) is 7.68. The van der Waals surface area contributed by atoms with E-state index in [1.54, 1.807) is 0 Å². The van der Waals surface area contributed by atoms with Gasteiger partial charge in [-0.25, -0.2) is 13.6 Å². The molecule has 6 heteroatoms. The van der Waals surface area contributed by atoms with Crippen molar-refractivity contribution < 1.29 is 8.42 Å². The molecule has 0 bridgehead atoms. The van der Waals surface area contributed by atoms with Gasteiger partial charge in [-0.15, -0.1) is 0 Å². The Morgan fingerprint density at radius 1 is 0.917 bits per heavy atom. The largest absolute Gasteiger partial charge is 0.397 e. The minimum Gasteiger partial charge on any atom is -0.397 e. The predicted molar refractivity (Wildman–Crippen MR) is 101 cm³/mol. The second-order valence-corrected chi connectivity index (χ2v) is 7.96. The van der Waals surface area contributed by atoms with Crippen molar-refractivity contribution in [3.05, 3.63) is 48.0 Å². The van der Waals surface area contributed by atoms with Crippen LogP contribution in [0.4, 0.5) is 11.4 Å². The van der Waals surface area contributed by atoms with Crippen LogP contribution in [0.1, 0.15) is 37.7 Å². The van der Waals surface area contributed by atoms with Gasteiger partial charge in [0.05, 0.1) is 17.1 Å². The summed E-state index contributed by atoms with van der Waals surface area (Å²) in [7, 11) is -3.35. The number of hydrogen-bond donors (Lipinski definition) is 3. The molecule has 1 unspecified atom stereocenters. The number of primary sulfonamides is 1. The van der Waals surface area contributed by atoms with E-state index in [9.17, 15) is 8.42 Å². The highest BCUT2D eigenvalue weighted by Gasteiger charge is 2.08. The SMILES string of the molecule is CC(CCCCS(N)(=O)=O)c1ccc(-c2ccc(N)c(N)c2)cc1. The number of nitrogens with two attached hydrogens (primary N) is 3. The molecule has 0 saturated carbocycles. The minimum absolute atomic E-state index is 0.0528. The van der Waals surface area contributed by atoms with Gasteiger partial charge in [-0.1, -0.05) is 43.7 Å². The van der Waals surface area contributed by atoms with Gasteiger partial charge in [0.25, 0.3) is 0 Å². The van der Waals surface area contributed by atoms with Crippen LogP contribution in [-0.4, -0.2) is 14.2 Å². The maximum Gasteiger partial charge on any atom is 0.209 e. The van der Waals surface area contributed by atoms with E-state index in [0.717, 1.165) is 24.0 Å². The van der Waals surface area contributed by atoms with E-state index in [4.69, 9.17) is 16.6 Å². The lowest BCUT2D eigenvalue weighted by Crippen LogP contribution is -2.16. The molecule has 0 aliphatic rings. The van der Waals surface area contributed by atoms with Gasteiger partial charge in [0.1, 0.15) is 0 Å². The highest BCUT2D eigenvalue weighted by atomic mass is 32.2. The number of sulfonamides is 1. The lowest BCUT2D eigenvalue weighted by atomic mass is 9.93. The Bertz CT molecular complexity index is 786. The summed E-state index contributed by atoms with van der Waals surface area (Å²) in [4.78, 5) is 0. The Morgan fingerprint density at radius 2 is 1.54 bits per heavy atom. The fourth-order valence-corrected chi connectivity index (χ4v) is 3.29.